The molecule has 0 saturated carbocycles. The van der Waals surface area contributed by atoms with Crippen molar-refractivity contribution in [1.82, 2.24) is 19.0 Å². The van der Waals surface area contributed by atoms with Gasteiger partial charge >= 0.3 is 0 Å². The first-order valence-electron chi connectivity index (χ1n) is 10.7. The lowest BCUT2D eigenvalue weighted by Gasteiger charge is -2.35. The molecule has 6 rings (SSSR count). The third kappa shape index (κ3) is 3.02. The van der Waals surface area contributed by atoms with Gasteiger partial charge in [0.05, 0.1) is 35.0 Å². The van der Waals surface area contributed by atoms with Crippen LogP contribution in [-0.2, 0) is 6.54 Å². The minimum absolute atomic E-state index is 0.0367. The van der Waals surface area contributed by atoms with Crippen molar-refractivity contribution in [2.75, 3.05) is 13.1 Å². The zero-order chi connectivity index (χ0) is 22.5. The number of imidazole rings is 1. The van der Waals surface area contributed by atoms with Crippen LogP contribution in [0.2, 0.25) is 0 Å². The highest BCUT2D eigenvalue weighted by Crippen LogP contribution is 2.34. The zero-order valence-electron chi connectivity index (χ0n) is 17.6. The fraction of sp³-hybridized carbons (Fsp3) is 0.154. The molecule has 1 saturated heterocycles. The standard InChI is InChI=1S/C26H18N6O/c27-11-17-1-3-19(4-2-17)21-10-24-25-29-7-8-32(25)23-6-5-20(9-22(23)16-30(24)15-21)26(33)31-13-18(12-28)14-31/h1-10,15,18H,13-14,16H2. The van der Waals surface area contributed by atoms with E-state index in [4.69, 9.17) is 10.5 Å². The molecular weight excluding hydrogens is 412 g/mol. The molecule has 7 heteroatoms. The van der Waals surface area contributed by atoms with Gasteiger partial charge in [0.2, 0.25) is 0 Å². The Morgan fingerprint density at radius 3 is 2.61 bits per heavy atom. The molecule has 2 aliphatic rings. The van der Waals surface area contributed by atoms with E-state index < -0.39 is 0 Å². The Balaban J connectivity index is 1.40. The molecule has 0 bridgehead atoms. The Morgan fingerprint density at radius 2 is 1.85 bits per heavy atom. The van der Waals surface area contributed by atoms with Gasteiger partial charge in [-0.05, 0) is 47.5 Å². The van der Waals surface area contributed by atoms with Crippen LogP contribution in [0, 0.1) is 28.6 Å². The van der Waals surface area contributed by atoms with Gasteiger partial charge in [0.15, 0.2) is 5.82 Å². The predicted molar refractivity (Wildman–Crippen MR) is 121 cm³/mol. The van der Waals surface area contributed by atoms with E-state index in [-0.39, 0.29) is 11.8 Å². The van der Waals surface area contributed by atoms with Crippen LogP contribution >= 0.6 is 0 Å². The van der Waals surface area contributed by atoms with Gasteiger partial charge in [0.1, 0.15) is 0 Å². The fourth-order valence-electron chi connectivity index (χ4n) is 4.58. The van der Waals surface area contributed by atoms with Crippen molar-refractivity contribution < 1.29 is 4.79 Å². The first kappa shape index (κ1) is 19.1. The van der Waals surface area contributed by atoms with E-state index in [9.17, 15) is 4.79 Å². The zero-order valence-corrected chi connectivity index (χ0v) is 17.6. The van der Waals surface area contributed by atoms with Crippen LogP contribution in [-0.4, -0.2) is 38.0 Å². The summed E-state index contributed by atoms with van der Waals surface area (Å²) in [6.45, 7) is 1.59. The van der Waals surface area contributed by atoms with Crippen LogP contribution in [0.5, 0.6) is 0 Å². The SMILES string of the molecule is N#Cc1ccc(-c2cc3n(c2)Cc2cc(C(=O)N4CC(C#N)C4)ccc2-n2ccnc2-3)cc1. The summed E-state index contributed by atoms with van der Waals surface area (Å²) >= 11 is 0. The van der Waals surface area contributed by atoms with Crippen molar-refractivity contribution in [3.8, 4) is 40.5 Å². The minimum atomic E-state index is -0.0636. The van der Waals surface area contributed by atoms with Gasteiger partial charge < -0.3 is 9.47 Å². The van der Waals surface area contributed by atoms with E-state index in [0.29, 0.717) is 30.8 Å². The highest BCUT2D eigenvalue weighted by Gasteiger charge is 2.31. The minimum Gasteiger partial charge on any atom is -0.340 e. The maximum absolute atomic E-state index is 12.9. The summed E-state index contributed by atoms with van der Waals surface area (Å²) in [4.78, 5) is 19.2. The third-order valence-electron chi connectivity index (χ3n) is 6.39. The number of benzene rings is 2. The fourth-order valence-corrected chi connectivity index (χ4v) is 4.58. The molecule has 0 N–H and O–H groups in total. The van der Waals surface area contributed by atoms with Gasteiger partial charge in [-0.25, -0.2) is 4.98 Å². The molecule has 4 heterocycles. The Labute approximate surface area is 190 Å². The average molecular weight is 430 g/mol. The lowest BCUT2D eigenvalue weighted by atomic mass is 9.99. The van der Waals surface area contributed by atoms with E-state index in [1.807, 2.05) is 48.7 Å². The van der Waals surface area contributed by atoms with Crippen LogP contribution in [0.3, 0.4) is 0 Å². The second kappa shape index (κ2) is 7.22. The maximum Gasteiger partial charge on any atom is 0.253 e. The number of fused-ring (bicyclic) bond motifs is 5. The number of hydrogen-bond donors (Lipinski definition) is 0. The number of likely N-dealkylation sites (tertiary alicyclic amines) is 1. The van der Waals surface area contributed by atoms with Crippen LogP contribution in [0.1, 0.15) is 21.5 Å². The molecule has 1 fully saturated rings. The van der Waals surface area contributed by atoms with Gasteiger partial charge in [-0.1, -0.05) is 12.1 Å². The van der Waals surface area contributed by atoms with Crippen molar-refractivity contribution in [2.45, 2.75) is 6.54 Å². The van der Waals surface area contributed by atoms with E-state index in [2.05, 4.69) is 38.5 Å². The molecule has 1 amide bonds. The van der Waals surface area contributed by atoms with E-state index in [1.54, 1.807) is 11.1 Å². The molecular formula is C26H18N6O. The van der Waals surface area contributed by atoms with Gasteiger partial charge in [0, 0.05) is 49.4 Å². The number of aromatic nitrogens is 3. The average Bonchev–Trinajstić information content (AvgIpc) is 3.43. The Bertz CT molecular complexity index is 1490. The second-order valence-corrected chi connectivity index (χ2v) is 8.43. The topological polar surface area (TPSA) is 90.6 Å². The number of rotatable bonds is 2. The number of hydrogen-bond acceptors (Lipinski definition) is 4. The molecule has 33 heavy (non-hydrogen) atoms. The largest absolute Gasteiger partial charge is 0.340 e. The van der Waals surface area contributed by atoms with Crippen LogP contribution in [0.4, 0.5) is 0 Å². The van der Waals surface area contributed by atoms with Gasteiger partial charge in [-0.3, -0.25) is 9.36 Å². The van der Waals surface area contributed by atoms with Gasteiger partial charge in [-0.15, -0.1) is 0 Å². The maximum atomic E-state index is 12.9. The Hall–Kier alpha value is -4.62. The summed E-state index contributed by atoms with van der Waals surface area (Å²) in [7, 11) is 0. The molecule has 4 aromatic rings. The van der Waals surface area contributed by atoms with Gasteiger partial charge in [0.25, 0.3) is 5.91 Å². The monoisotopic (exact) mass is 430 g/mol. The lowest BCUT2D eigenvalue weighted by molar-refractivity contribution is 0.0577. The van der Waals surface area contributed by atoms with Crippen LogP contribution < -0.4 is 0 Å². The van der Waals surface area contributed by atoms with Crippen molar-refractivity contribution in [2.24, 2.45) is 5.92 Å². The normalized spacial score (nSPS) is 14.2. The van der Waals surface area contributed by atoms with E-state index >= 15 is 0 Å². The Kier molecular flexibility index (Phi) is 4.18. The second-order valence-electron chi connectivity index (χ2n) is 8.43. The lowest BCUT2D eigenvalue weighted by Crippen LogP contribution is -2.49. The van der Waals surface area contributed by atoms with E-state index in [1.165, 1.54) is 0 Å². The molecule has 2 aromatic carbocycles. The summed E-state index contributed by atoms with van der Waals surface area (Å²) in [6.07, 6.45) is 5.81. The number of carbonyl (C=O) groups is 1. The predicted octanol–water partition coefficient (Wildman–Crippen LogP) is 3.84. The first-order valence-corrected chi connectivity index (χ1v) is 10.7. The van der Waals surface area contributed by atoms with Crippen molar-refractivity contribution in [1.29, 1.82) is 10.5 Å². The van der Waals surface area contributed by atoms with Crippen LogP contribution in [0.25, 0.3) is 28.3 Å². The molecule has 0 radical (unpaired) electrons. The smallest absolute Gasteiger partial charge is 0.253 e. The van der Waals surface area contributed by atoms with Crippen LogP contribution in [0.15, 0.2) is 67.1 Å². The molecule has 0 unspecified atom stereocenters. The molecule has 0 aliphatic carbocycles. The summed E-state index contributed by atoms with van der Waals surface area (Å²) in [5, 5.41) is 18.1. The summed E-state index contributed by atoms with van der Waals surface area (Å²) in [5.41, 5.74) is 6.35. The first-order chi connectivity index (χ1) is 16.1. The third-order valence-corrected chi connectivity index (χ3v) is 6.39. The summed E-state index contributed by atoms with van der Waals surface area (Å²) in [6, 6.07) is 19.8. The van der Waals surface area contributed by atoms with Crippen molar-refractivity contribution in [3.63, 3.8) is 0 Å². The van der Waals surface area contributed by atoms with Gasteiger partial charge in [-0.2, -0.15) is 10.5 Å². The quantitative estimate of drug-likeness (QED) is 0.426. The number of nitriles is 2. The molecule has 0 spiro atoms. The number of nitrogens with zero attached hydrogens (tertiary/aromatic N) is 6. The highest BCUT2D eigenvalue weighted by molar-refractivity contribution is 5.95. The molecule has 2 aromatic heterocycles. The summed E-state index contributed by atoms with van der Waals surface area (Å²) < 4.78 is 4.21. The molecule has 158 valence electrons. The number of amides is 1. The van der Waals surface area contributed by atoms with Crippen molar-refractivity contribution >= 4 is 5.91 Å². The molecule has 7 nitrogen and oxygen atoms in total. The number of carbonyl (C=O) groups excluding carboxylic acids is 1. The Morgan fingerprint density at radius 1 is 1.03 bits per heavy atom. The van der Waals surface area contributed by atoms with E-state index in [0.717, 1.165) is 33.9 Å². The highest BCUT2D eigenvalue weighted by atomic mass is 16.2. The van der Waals surface area contributed by atoms with Crippen molar-refractivity contribution in [3.05, 3.63) is 83.8 Å². The molecule has 0 atom stereocenters. The summed E-state index contributed by atoms with van der Waals surface area (Å²) in [5.74, 6) is 0.740. The molecule has 2 aliphatic heterocycles.